The van der Waals surface area contributed by atoms with Gasteiger partial charge in [-0.25, -0.2) is 0 Å². The molecule has 1 aliphatic rings. The predicted molar refractivity (Wildman–Crippen MR) is 54.6 cm³/mol. The van der Waals surface area contributed by atoms with Crippen molar-refractivity contribution >= 4 is 0 Å². The van der Waals surface area contributed by atoms with Gasteiger partial charge in [-0.05, 0) is 6.42 Å². The number of hydrogen-bond donors (Lipinski definition) is 4. The third kappa shape index (κ3) is 3.13. The molecule has 0 bridgehead atoms. The van der Waals surface area contributed by atoms with E-state index in [1.54, 1.807) is 0 Å². The van der Waals surface area contributed by atoms with Crippen LogP contribution in [0.1, 0.15) is 19.8 Å². The first-order chi connectivity index (χ1) is 7.61. The lowest BCUT2D eigenvalue weighted by Gasteiger charge is -2.39. The molecule has 4 N–H and O–H groups in total. The third-order valence-electron chi connectivity index (χ3n) is 2.65. The molecule has 0 spiro atoms. The van der Waals surface area contributed by atoms with Gasteiger partial charge in [0.2, 0.25) is 0 Å². The first-order valence-corrected chi connectivity index (χ1v) is 5.54. The van der Waals surface area contributed by atoms with E-state index in [0.29, 0.717) is 6.61 Å². The number of aliphatic hydroxyl groups is 4. The van der Waals surface area contributed by atoms with E-state index < -0.39 is 37.3 Å². The van der Waals surface area contributed by atoms with Crippen LogP contribution in [0.2, 0.25) is 0 Å². The van der Waals surface area contributed by atoms with E-state index in [0.717, 1.165) is 12.8 Å². The van der Waals surface area contributed by atoms with Crippen LogP contribution in [0.3, 0.4) is 0 Å². The van der Waals surface area contributed by atoms with E-state index in [-0.39, 0.29) is 0 Å². The maximum Gasteiger partial charge on any atom is 0.184 e. The molecule has 0 radical (unpaired) electrons. The van der Waals surface area contributed by atoms with Crippen LogP contribution in [-0.4, -0.2) is 64.3 Å². The summed E-state index contributed by atoms with van der Waals surface area (Å²) >= 11 is 0. The van der Waals surface area contributed by atoms with Gasteiger partial charge in [-0.1, -0.05) is 13.3 Å². The third-order valence-corrected chi connectivity index (χ3v) is 2.65. The lowest BCUT2D eigenvalue weighted by Crippen LogP contribution is -2.59. The standard InChI is InChI=1S/C10H20O6/c1-2-3-4-15-9-8(13)7(12)6(5-11)16-10(9)14/h6-14H,2-5H2,1H3/t6-,7-,8+,9+,10+/m1/s1. The van der Waals surface area contributed by atoms with E-state index >= 15 is 0 Å². The maximum atomic E-state index is 9.68. The highest BCUT2D eigenvalue weighted by Crippen LogP contribution is 2.22. The summed E-state index contributed by atoms with van der Waals surface area (Å²) in [4.78, 5) is 0. The first-order valence-electron chi connectivity index (χ1n) is 5.54. The fourth-order valence-electron chi connectivity index (χ4n) is 1.62. The zero-order chi connectivity index (χ0) is 12.1. The van der Waals surface area contributed by atoms with Crippen molar-refractivity contribution in [2.75, 3.05) is 13.2 Å². The van der Waals surface area contributed by atoms with Gasteiger partial charge in [0.05, 0.1) is 6.61 Å². The van der Waals surface area contributed by atoms with Gasteiger partial charge >= 0.3 is 0 Å². The Morgan fingerprint density at radius 3 is 2.44 bits per heavy atom. The Hall–Kier alpha value is -0.240. The molecule has 0 aliphatic carbocycles. The number of unbranched alkanes of at least 4 members (excludes halogenated alkanes) is 1. The van der Waals surface area contributed by atoms with Crippen LogP contribution in [0, 0.1) is 0 Å². The molecule has 1 heterocycles. The molecule has 1 fully saturated rings. The van der Waals surface area contributed by atoms with Crippen LogP contribution < -0.4 is 0 Å². The highest BCUT2D eigenvalue weighted by molar-refractivity contribution is 4.89. The van der Waals surface area contributed by atoms with Gasteiger partial charge < -0.3 is 29.9 Å². The Kier molecular flexibility index (Phi) is 5.60. The molecule has 6 nitrogen and oxygen atoms in total. The molecule has 1 saturated heterocycles. The Bertz CT molecular complexity index is 200. The van der Waals surface area contributed by atoms with Crippen LogP contribution in [-0.2, 0) is 9.47 Å². The molecule has 0 aromatic heterocycles. The fourth-order valence-corrected chi connectivity index (χ4v) is 1.62. The van der Waals surface area contributed by atoms with Crippen molar-refractivity contribution in [1.29, 1.82) is 0 Å². The van der Waals surface area contributed by atoms with E-state index in [4.69, 9.17) is 14.6 Å². The molecular formula is C10H20O6. The molecule has 6 heteroatoms. The summed E-state index contributed by atoms with van der Waals surface area (Å²) in [6.45, 7) is 1.91. The van der Waals surface area contributed by atoms with Gasteiger partial charge in [-0.3, -0.25) is 0 Å². The van der Waals surface area contributed by atoms with Crippen molar-refractivity contribution in [2.45, 2.75) is 50.5 Å². The molecule has 0 unspecified atom stereocenters. The van der Waals surface area contributed by atoms with Gasteiger partial charge in [-0.15, -0.1) is 0 Å². The maximum absolute atomic E-state index is 9.68. The normalized spacial score (nSPS) is 39.9. The van der Waals surface area contributed by atoms with Crippen LogP contribution in [0.15, 0.2) is 0 Å². The molecule has 0 aromatic rings. The second kappa shape index (κ2) is 6.48. The topological polar surface area (TPSA) is 99.4 Å². The molecule has 1 aliphatic heterocycles. The minimum absolute atomic E-state index is 0.384. The lowest BCUT2D eigenvalue weighted by molar-refractivity contribution is -0.296. The molecule has 0 amide bonds. The molecule has 1 rings (SSSR count). The van der Waals surface area contributed by atoms with Crippen molar-refractivity contribution in [3.8, 4) is 0 Å². The van der Waals surface area contributed by atoms with Crippen LogP contribution in [0.4, 0.5) is 0 Å². The number of ether oxygens (including phenoxy) is 2. The Labute approximate surface area is 94.4 Å². The van der Waals surface area contributed by atoms with Gasteiger partial charge in [0.25, 0.3) is 0 Å². The van der Waals surface area contributed by atoms with Gasteiger partial charge in [0.15, 0.2) is 6.29 Å². The fraction of sp³-hybridized carbons (Fsp3) is 1.00. The summed E-state index contributed by atoms with van der Waals surface area (Å²) in [6, 6.07) is 0. The highest BCUT2D eigenvalue weighted by atomic mass is 16.7. The van der Waals surface area contributed by atoms with E-state index in [1.165, 1.54) is 0 Å². The Morgan fingerprint density at radius 2 is 1.88 bits per heavy atom. The summed E-state index contributed by atoms with van der Waals surface area (Å²) in [7, 11) is 0. The number of aliphatic hydroxyl groups excluding tert-OH is 4. The Balaban J connectivity index is 2.50. The largest absolute Gasteiger partial charge is 0.394 e. The van der Waals surface area contributed by atoms with E-state index in [9.17, 15) is 15.3 Å². The second-order valence-electron chi connectivity index (χ2n) is 3.92. The summed E-state index contributed by atoms with van der Waals surface area (Å²) in [6.07, 6.45) is -4.04. The first kappa shape index (κ1) is 13.8. The van der Waals surface area contributed by atoms with Crippen molar-refractivity contribution < 1.29 is 29.9 Å². The average molecular weight is 236 g/mol. The van der Waals surface area contributed by atoms with Crippen molar-refractivity contribution in [3.05, 3.63) is 0 Å². The van der Waals surface area contributed by atoms with Gasteiger partial charge in [-0.2, -0.15) is 0 Å². The lowest BCUT2D eigenvalue weighted by atomic mass is 9.99. The summed E-state index contributed by atoms with van der Waals surface area (Å²) in [5.74, 6) is 0. The average Bonchev–Trinajstić information content (AvgIpc) is 2.28. The molecule has 5 atom stereocenters. The summed E-state index contributed by atoms with van der Waals surface area (Å²) in [5.41, 5.74) is 0. The minimum atomic E-state index is -1.33. The minimum Gasteiger partial charge on any atom is -0.394 e. The van der Waals surface area contributed by atoms with Crippen LogP contribution in [0.25, 0.3) is 0 Å². The zero-order valence-electron chi connectivity index (χ0n) is 9.32. The summed E-state index contributed by atoms with van der Waals surface area (Å²) in [5, 5.41) is 37.6. The van der Waals surface area contributed by atoms with Gasteiger partial charge in [0.1, 0.15) is 24.4 Å². The second-order valence-corrected chi connectivity index (χ2v) is 3.92. The van der Waals surface area contributed by atoms with Crippen LogP contribution in [0.5, 0.6) is 0 Å². The van der Waals surface area contributed by atoms with Crippen molar-refractivity contribution in [3.63, 3.8) is 0 Å². The predicted octanol–water partition coefficient (Wildman–Crippen LogP) is -1.40. The molecule has 96 valence electrons. The van der Waals surface area contributed by atoms with Crippen molar-refractivity contribution in [1.82, 2.24) is 0 Å². The number of rotatable bonds is 5. The van der Waals surface area contributed by atoms with Crippen LogP contribution >= 0.6 is 0 Å². The monoisotopic (exact) mass is 236 g/mol. The van der Waals surface area contributed by atoms with E-state index in [1.807, 2.05) is 6.92 Å². The molecule has 16 heavy (non-hydrogen) atoms. The molecule has 0 aromatic carbocycles. The molecular weight excluding hydrogens is 216 g/mol. The summed E-state index contributed by atoms with van der Waals surface area (Å²) < 4.78 is 10.2. The van der Waals surface area contributed by atoms with E-state index in [2.05, 4.69) is 0 Å². The highest BCUT2D eigenvalue weighted by Gasteiger charge is 2.44. The Morgan fingerprint density at radius 1 is 1.19 bits per heavy atom. The zero-order valence-corrected chi connectivity index (χ0v) is 9.32. The van der Waals surface area contributed by atoms with Gasteiger partial charge in [0, 0.05) is 6.61 Å². The molecule has 0 saturated carbocycles. The SMILES string of the molecule is CCCCO[C@H]1[C@@H](O)[C@H](O)[C@@H](CO)O[C@@H]1O. The quantitative estimate of drug-likeness (QED) is 0.438. The number of hydrogen-bond acceptors (Lipinski definition) is 6. The van der Waals surface area contributed by atoms with Crippen molar-refractivity contribution in [2.24, 2.45) is 0 Å². The smallest absolute Gasteiger partial charge is 0.184 e.